The minimum absolute atomic E-state index is 0.00235. The molecule has 0 saturated heterocycles. The highest BCUT2D eigenvalue weighted by molar-refractivity contribution is 6.08. The van der Waals surface area contributed by atoms with Crippen molar-refractivity contribution < 1.29 is 23.5 Å². The Bertz CT molecular complexity index is 1140. The third-order valence-corrected chi connectivity index (χ3v) is 4.41. The number of rotatable bonds is 6. The molecule has 0 aliphatic heterocycles. The molecule has 0 unspecified atom stereocenters. The standard InChI is InChI=1S/C24H21FN2O4/c1-15-6-5-7-17(12-15)23(29)27-20-9-4-3-8-18(20)24(30)31-14-22(28)26-21-11-10-16(2)13-19(21)25/h3-13H,14H2,1-2H3,(H,26,28)(H,27,29). The van der Waals surface area contributed by atoms with Crippen molar-refractivity contribution in [3.63, 3.8) is 0 Å². The first-order chi connectivity index (χ1) is 14.8. The maximum absolute atomic E-state index is 13.9. The molecule has 0 spiro atoms. The Balaban J connectivity index is 1.64. The number of nitrogens with one attached hydrogen (secondary N) is 2. The second-order valence-corrected chi connectivity index (χ2v) is 6.98. The van der Waals surface area contributed by atoms with Crippen molar-refractivity contribution in [1.29, 1.82) is 0 Å². The summed E-state index contributed by atoms with van der Waals surface area (Å²) in [5.74, 6) is -2.43. The van der Waals surface area contributed by atoms with E-state index in [9.17, 15) is 18.8 Å². The maximum Gasteiger partial charge on any atom is 0.340 e. The Morgan fingerprint density at radius 3 is 2.32 bits per heavy atom. The van der Waals surface area contributed by atoms with Gasteiger partial charge in [0.1, 0.15) is 5.82 Å². The van der Waals surface area contributed by atoms with Gasteiger partial charge in [0.2, 0.25) is 0 Å². The molecular weight excluding hydrogens is 399 g/mol. The van der Waals surface area contributed by atoms with Crippen molar-refractivity contribution in [1.82, 2.24) is 0 Å². The number of carbonyl (C=O) groups is 3. The molecule has 158 valence electrons. The fourth-order valence-corrected chi connectivity index (χ4v) is 2.87. The summed E-state index contributed by atoms with van der Waals surface area (Å²) in [6.45, 7) is 2.99. The van der Waals surface area contributed by atoms with Gasteiger partial charge >= 0.3 is 5.97 Å². The zero-order valence-electron chi connectivity index (χ0n) is 17.1. The second kappa shape index (κ2) is 9.67. The van der Waals surface area contributed by atoms with E-state index in [1.54, 1.807) is 49.4 Å². The molecule has 3 aromatic rings. The summed E-state index contributed by atoms with van der Waals surface area (Å²) in [6.07, 6.45) is 0. The Labute approximate surface area is 179 Å². The molecule has 0 heterocycles. The average Bonchev–Trinajstić information content (AvgIpc) is 2.74. The SMILES string of the molecule is Cc1cccc(C(=O)Nc2ccccc2C(=O)OCC(=O)Nc2ccc(C)cc2F)c1. The molecule has 0 aliphatic rings. The first-order valence-electron chi connectivity index (χ1n) is 9.53. The molecule has 31 heavy (non-hydrogen) atoms. The van der Waals surface area contributed by atoms with Crippen molar-refractivity contribution in [3.05, 3.63) is 94.8 Å². The highest BCUT2D eigenvalue weighted by atomic mass is 19.1. The van der Waals surface area contributed by atoms with Crippen LogP contribution in [0.2, 0.25) is 0 Å². The molecule has 3 rings (SSSR count). The van der Waals surface area contributed by atoms with E-state index in [0.29, 0.717) is 11.1 Å². The van der Waals surface area contributed by atoms with Crippen molar-refractivity contribution in [3.8, 4) is 0 Å². The van der Waals surface area contributed by atoms with Gasteiger partial charge in [-0.25, -0.2) is 9.18 Å². The van der Waals surface area contributed by atoms with Crippen LogP contribution in [0, 0.1) is 19.7 Å². The molecule has 3 aromatic carbocycles. The smallest absolute Gasteiger partial charge is 0.340 e. The lowest BCUT2D eigenvalue weighted by atomic mass is 10.1. The van der Waals surface area contributed by atoms with E-state index in [0.717, 1.165) is 5.56 Å². The second-order valence-electron chi connectivity index (χ2n) is 6.98. The predicted molar refractivity (Wildman–Crippen MR) is 116 cm³/mol. The number of para-hydroxylation sites is 1. The lowest BCUT2D eigenvalue weighted by Gasteiger charge is -2.12. The highest BCUT2D eigenvalue weighted by Gasteiger charge is 2.17. The van der Waals surface area contributed by atoms with E-state index >= 15 is 0 Å². The van der Waals surface area contributed by atoms with Crippen molar-refractivity contribution in [2.45, 2.75) is 13.8 Å². The summed E-state index contributed by atoms with van der Waals surface area (Å²) in [6, 6.07) is 17.7. The number of esters is 1. The van der Waals surface area contributed by atoms with Gasteiger partial charge in [0.15, 0.2) is 6.61 Å². The maximum atomic E-state index is 13.9. The van der Waals surface area contributed by atoms with Crippen molar-refractivity contribution in [2.24, 2.45) is 0 Å². The topological polar surface area (TPSA) is 84.5 Å². The monoisotopic (exact) mass is 420 g/mol. The number of benzene rings is 3. The van der Waals surface area contributed by atoms with Gasteiger partial charge in [0.05, 0.1) is 16.9 Å². The van der Waals surface area contributed by atoms with E-state index in [2.05, 4.69) is 10.6 Å². The van der Waals surface area contributed by atoms with Gasteiger partial charge in [-0.15, -0.1) is 0 Å². The van der Waals surface area contributed by atoms with Crippen molar-refractivity contribution >= 4 is 29.2 Å². The third kappa shape index (κ3) is 5.76. The summed E-state index contributed by atoms with van der Waals surface area (Å²) < 4.78 is 18.9. The molecule has 0 atom stereocenters. The van der Waals surface area contributed by atoms with Crippen LogP contribution < -0.4 is 10.6 Å². The predicted octanol–water partition coefficient (Wildman–Crippen LogP) is 4.49. The van der Waals surface area contributed by atoms with E-state index < -0.39 is 24.3 Å². The van der Waals surface area contributed by atoms with E-state index in [1.165, 1.54) is 18.2 Å². The first kappa shape index (κ1) is 21.7. The van der Waals surface area contributed by atoms with Crippen LogP contribution in [0.1, 0.15) is 31.8 Å². The number of halogens is 1. The van der Waals surface area contributed by atoms with Gasteiger partial charge < -0.3 is 15.4 Å². The van der Waals surface area contributed by atoms with Gasteiger partial charge in [0.25, 0.3) is 11.8 Å². The Morgan fingerprint density at radius 2 is 1.58 bits per heavy atom. The molecule has 0 aliphatic carbocycles. The highest BCUT2D eigenvalue weighted by Crippen LogP contribution is 2.18. The van der Waals surface area contributed by atoms with Gasteiger partial charge in [-0.05, 0) is 55.8 Å². The lowest BCUT2D eigenvalue weighted by Crippen LogP contribution is -2.22. The number of anilines is 2. The number of aryl methyl sites for hydroxylation is 2. The molecular formula is C24H21FN2O4. The minimum atomic E-state index is -0.792. The molecule has 2 amide bonds. The van der Waals surface area contributed by atoms with Crippen LogP contribution in [-0.2, 0) is 9.53 Å². The van der Waals surface area contributed by atoms with Gasteiger partial charge in [-0.2, -0.15) is 0 Å². The summed E-state index contributed by atoms with van der Waals surface area (Å²) in [5.41, 5.74) is 2.43. The number of amides is 2. The molecule has 0 bridgehead atoms. The van der Waals surface area contributed by atoms with E-state index in [-0.39, 0.29) is 22.8 Å². The number of hydrogen-bond donors (Lipinski definition) is 2. The van der Waals surface area contributed by atoms with Crippen LogP contribution in [0.4, 0.5) is 15.8 Å². The van der Waals surface area contributed by atoms with Crippen LogP contribution in [0.5, 0.6) is 0 Å². The average molecular weight is 420 g/mol. The Hall–Kier alpha value is -4.00. The van der Waals surface area contributed by atoms with E-state index in [4.69, 9.17) is 4.74 Å². The molecule has 2 N–H and O–H groups in total. The fraction of sp³-hybridized carbons (Fsp3) is 0.125. The third-order valence-electron chi connectivity index (χ3n) is 4.41. The minimum Gasteiger partial charge on any atom is -0.452 e. The summed E-state index contributed by atoms with van der Waals surface area (Å²) >= 11 is 0. The summed E-state index contributed by atoms with van der Waals surface area (Å²) in [5, 5.41) is 5.04. The molecule has 6 nitrogen and oxygen atoms in total. The van der Waals surface area contributed by atoms with Crippen molar-refractivity contribution in [2.75, 3.05) is 17.2 Å². The normalized spacial score (nSPS) is 10.3. The van der Waals surface area contributed by atoms with E-state index in [1.807, 2.05) is 13.0 Å². The lowest BCUT2D eigenvalue weighted by molar-refractivity contribution is -0.119. The Kier molecular flexibility index (Phi) is 6.77. The molecule has 0 saturated carbocycles. The van der Waals surface area contributed by atoms with Gasteiger partial charge in [-0.1, -0.05) is 35.9 Å². The largest absolute Gasteiger partial charge is 0.452 e. The molecule has 0 fully saturated rings. The van der Waals surface area contributed by atoms with Gasteiger partial charge in [-0.3, -0.25) is 9.59 Å². The van der Waals surface area contributed by atoms with Crippen LogP contribution >= 0.6 is 0 Å². The zero-order valence-corrected chi connectivity index (χ0v) is 17.1. The summed E-state index contributed by atoms with van der Waals surface area (Å²) in [4.78, 5) is 37.0. The van der Waals surface area contributed by atoms with Gasteiger partial charge in [0, 0.05) is 5.56 Å². The number of ether oxygens (including phenoxy) is 1. The number of hydrogen-bond acceptors (Lipinski definition) is 4. The Morgan fingerprint density at radius 1 is 0.839 bits per heavy atom. The van der Waals surface area contributed by atoms with Crippen LogP contribution in [0.15, 0.2) is 66.7 Å². The van der Waals surface area contributed by atoms with Crippen LogP contribution in [-0.4, -0.2) is 24.4 Å². The van der Waals surface area contributed by atoms with Crippen LogP contribution in [0.3, 0.4) is 0 Å². The molecule has 7 heteroatoms. The quantitative estimate of drug-likeness (QED) is 0.576. The summed E-state index contributed by atoms with van der Waals surface area (Å²) in [7, 11) is 0. The van der Waals surface area contributed by atoms with Crippen LogP contribution in [0.25, 0.3) is 0 Å². The molecule has 0 radical (unpaired) electrons. The first-order valence-corrected chi connectivity index (χ1v) is 9.53. The fourth-order valence-electron chi connectivity index (χ4n) is 2.87. The zero-order chi connectivity index (χ0) is 22.4. The number of carbonyl (C=O) groups excluding carboxylic acids is 3. The molecule has 0 aromatic heterocycles.